The van der Waals surface area contributed by atoms with E-state index in [0.29, 0.717) is 29.7 Å². The van der Waals surface area contributed by atoms with Crippen molar-refractivity contribution in [3.8, 4) is 0 Å². The third kappa shape index (κ3) is 4.64. The molecule has 1 aromatic heterocycles. The van der Waals surface area contributed by atoms with Crippen LogP contribution in [-0.4, -0.2) is 34.4 Å². The summed E-state index contributed by atoms with van der Waals surface area (Å²) in [4.78, 5) is 20.7. The number of nitrogens with two attached hydrogens (primary N) is 1. The van der Waals surface area contributed by atoms with Crippen molar-refractivity contribution in [3.05, 3.63) is 17.7 Å². The van der Waals surface area contributed by atoms with Crippen molar-refractivity contribution in [3.63, 3.8) is 0 Å². The molecule has 0 aliphatic carbocycles. The molecule has 6 nitrogen and oxygen atoms in total. The van der Waals surface area contributed by atoms with Crippen LogP contribution >= 0.6 is 11.8 Å². The minimum atomic E-state index is -0.227. The third-order valence-electron chi connectivity index (χ3n) is 2.76. The van der Waals surface area contributed by atoms with Crippen molar-refractivity contribution in [1.82, 2.24) is 15.3 Å². The summed E-state index contributed by atoms with van der Waals surface area (Å²) < 4.78 is 0. The summed E-state index contributed by atoms with van der Waals surface area (Å²) in [5.74, 6) is 7.38. The van der Waals surface area contributed by atoms with Crippen LogP contribution in [0.3, 0.4) is 0 Å². The molecule has 0 saturated heterocycles. The molecule has 1 unspecified atom stereocenters. The number of nitrogens with zero attached hydrogens (tertiary/aromatic N) is 2. The van der Waals surface area contributed by atoms with Crippen molar-refractivity contribution in [1.29, 1.82) is 0 Å². The van der Waals surface area contributed by atoms with Gasteiger partial charge in [-0.2, -0.15) is 11.8 Å². The van der Waals surface area contributed by atoms with Gasteiger partial charge in [0.15, 0.2) is 5.69 Å². The lowest BCUT2D eigenvalue weighted by atomic mass is 10.2. The summed E-state index contributed by atoms with van der Waals surface area (Å²) in [6.07, 6.45) is 3.59. The minimum absolute atomic E-state index is 0.156. The van der Waals surface area contributed by atoms with E-state index >= 15 is 0 Å². The third-order valence-corrected chi connectivity index (χ3v) is 3.66. The normalized spacial score (nSPS) is 12.3. The van der Waals surface area contributed by atoms with Gasteiger partial charge in [-0.15, -0.1) is 0 Å². The largest absolute Gasteiger partial charge is 0.350 e. The molecule has 20 heavy (non-hydrogen) atoms. The lowest BCUT2D eigenvalue weighted by Crippen LogP contribution is -2.31. The second-order valence-corrected chi connectivity index (χ2v) is 5.97. The van der Waals surface area contributed by atoms with E-state index in [1.807, 2.05) is 20.1 Å². The number of carbonyl (C=O) groups excluding carboxylic acids is 1. The van der Waals surface area contributed by atoms with Gasteiger partial charge in [0.1, 0.15) is 5.82 Å². The molecule has 0 aliphatic rings. The Bertz CT molecular complexity index is 452. The van der Waals surface area contributed by atoms with Gasteiger partial charge in [0, 0.05) is 12.5 Å². The molecule has 1 rings (SSSR count). The fourth-order valence-corrected chi connectivity index (χ4v) is 2.33. The summed E-state index contributed by atoms with van der Waals surface area (Å²) in [5.41, 5.74) is 3.19. The predicted molar refractivity (Wildman–Crippen MR) is 83.8 cm³/mol. The summed E-state index contributed by atoms with van der Waals surface area (Å²) in [6, 6.07) is 0. The summed E-state index contributed by atoms with van der Waals surface area (Å²) in [5, 5.41) is 2.89. The number of aromatic nitrogens is 2. The Hall–Kier alpha value is -1.34. The van der Waals surface area contributed by atoms with Gasteiger partial charge in [-0.1, -0.05) is 20.8 Å². The van der Waals surface area contributed by atoms with E-state index in [4.69, 9.17) is 5.84 Å². The predicted octanol–water partition coefficient (Wildman–Crippen LogP) is 1.61. The van der Waals surface area contributed by atoms with Crippen molar-refractivity contribution in [2.75, 3.05) is 24.0 Å². The van der Waals surface area contributed by atoms with Crippen molar-refractivity contribution >= 4 is 23.4 Å². The molecule has 0 aliphatic heterocycles. The van der Waals surface area contributed by atoms with Gasteiger partial charge in [-0.05, 0) is 17.9 Å². The van der Waals surface area contributed by atoms with Crippen LogP contribution in [0.5, 0.6) is 0 Å². The Morgan fingerprint density at radius 2 is 2.15 bits per heavy atom. The van der Waals surface area contributed by atoms with Gasteiger partial charge < -0.3 is 10.7 Å². The summed E-state index contributed by atoms with van der Waals surface area (Å²) >= 11 is 1.76. The Morgan fingerprint density at radius 3 is 2.70 bits per heavy atom. The van der Waals surface area contributed by atoms with Crippen LogP contribution < -0.4 is 16.6 Å². The average molecular weight is 297 g/mol. The maximum atomic E-state index is 12.2. The van der Waals surface area contributed by atoms with Gasteiger partial charge in [0.05, 0.1) is 11.9 Å². The number of anilines is 1. The molecule has 1 aromatic rings. The van der Waals surface area contributed by atoms with Gasteiger partial charge in [0.25, 0.3) is 5.91 Å². The van der Waals surface area contributed by atoms with Gasteiger partial charge in [-0.25, -0.2) is 9.97 Å². The number of nitrogens with one attached hydrogen (secondary N) is 2. The molecular formula is C13H23N5OS. The van der Waals surface area contributed by atoms with Gasteiger partial charge in [0.2, 0.25) is 0 Å². The number of nitrogen functional groups attached to an aromatic ring is 1. The fraction of sp³-hybridized carbons (Fsp3) is 0.615. The molecule has 1 atom stereocenters. The number of amides is 1. The first-order valence-electron chi connectivity index (χ1n) is 6.60. The van der Waals surface area contributed by atoms with Crippen LogP contribution in [0.4, 0.5) is 5.69 Å². The number of hydrogen-bond acceptors (Lipinski definition) is 6. The van der Waals surface area contributed by atoms with E-state index in [9.17, 15) is 4.79 Å². The van der Waals surface area contributed by atoms with E-state index < -0.39 is 0 Å². The van der Waals surface area contributed by atoms with Gasteiger partial charge >= 0.3 is 0 Å². The lowest BCUT2D eigenvalue weighted by molar-refractivity contribution is 0.0944. The van der Waals surface area contributed by atoms with Gasteiger partial charge in [-0.3, -0.25) is 10.6 Å². The first-order valence-corrected chi connectivity index (χ1v) is 7.99. The Kier molecular flexibility index (Phi) is 6.74. The molecule has 0 saturated carbocycles. The highest BCUT2D eigenvalue weighted by Crippen LogP contribution is 2.15. The highest BCUT2D eigenvalue weighted by Gasteiger charge is 2.16. The second-order valence-electron chi connectivity index (χ2n) is 5.06. The smallest absolute Gasteiger partial charge is 0.272 e. The zero-order valence-corrected chi connectivity index (χ0v) is 13.3. The Balaban J connectivity index is 2.82. The van der Waals surface area contributed by atoms with Crippen LogP contribution in [0, 0.1) is 5.92 Å². The van der Waals surface area contributed by atoms with E-state index in [2.05, 4.69) is 27.6 Å². The van der Waals surface area contributed by atoms with Crippen LogP contribution in [0.15, 0.2) is 6.20 Å². The molecule has 0 bridgehead atoms. The maximum Gasteiger partial charge on any atom is 0.272 e. The molecule has 1 amide bonds. The van der Waals surface area contributed by atoms with Crippen LogP contribution in [0.2, 0.25) is 0 Å². The zero-order chi connectivity index (χ0) is 15.1. The van der Waals surface area contributed by atoms with E-state index in [1.165, 1.54) is 0 Å². The lowest BCUT2D eigenvalue weighted by Gasteiger charge is -2.13. The summed E-state index contributed by atoms with van der Waals surface area (Å²) in [6.45, 7) is 6.67. The number of rotatable bonds is 7. The Morgan fingerprint density at radius 1 is 1.45 bits per heavy atom. The van der Waals surface area contributed by atoms with Crippen molar-refractivity contribution in [2.45, 2.75) is 26.7 Å². The van der Waals surface area contributed by atoms with E-state index in [0.717, 1.165) is 5.75 Å². The number of thioether (sulfide) groups is 1. The maximum absolute atomic E-state index is 12.2. The topological polar surface area (TPSA) is 92.9 Å². The monoisotopic (exact) mass is 297 g/mol. The van der Waals surface area contributed by atoms with E-state index in [1.54, 1.807) is 18.0 Å². The molecule has 0 fully saturated rings. The summed E-state index contributed by atoms with van der Waals surface area (Å²) in [7, 11) is 0. The molecule has 112 valence electrons. The van der Waals surface area contributed by atoms with Crippen molar-refractivity contribution < 1.29 is 4.79 Å². The van der Waals surface area contributed by atoms with Crippen LogP contribution in [0.25, 0.3) is 0 Å². The molecule has 7 heteroatoms. The molecule has 0 aromatic carbocycles. The molecule has 1 heterocycles. The first kappa shape index (κ1) is 16.7. The SMILES string of the molecule is CSCC(C)CNC(=O)c1nc(C(C)C)ncc1NN. The second kappa shape index (κ2) is 8.06. The zero-order valence-electron chi connectivity index (χ0n) is 12.4. The molecule has 0 radical (unpaired) electrons. The van der Waals surface area contributed by atoms with E-state index in [-0.39, 0.29) is 11.8 Å². The quantitative estimate of drug-likeness (QED) is 0.523. The first-order chi connectivity index (χ1) is 9.49. The fourth-order valence-electron chi connectivity index (χ4n) is 1.65. The molecule has 0 spiro atoms. The number of carbonyl (C=O) groups is 1. The number of hydrogen-bond donors (Lipinski definition) is 3. The molecular weight excluding hydrogens is 274 g/mol. The highest BCUT2D eigenvalue weighted by atomic mass is 32.2. The minimum Gasteiger partial charge on any atom is -0.350 e. The highest BCUT2D eigenvalue weighted by molar-refractivity contribution is 7.98. The van der Waals surface area contributed by atoms with Crippen LogP contribution in [0.1, 0.15) is 43.0 Å². The number of hydrazine groups is 1. The molecule has 4 N–H and O–H groups in total. The van der Waals surface area contributed by atoms with Crippen molar-refractivity contribution in [2.24, 2.45) is 11.8 Å². The van der Waals surface area contributed by atoms with Crippen LogP contribution in [-0.2, 0) is 0 Å². The standard InChI is InChI=1S/C13H23N5OS/c1-8(2)12-15-6-10(18-14)11(17-12)13(19)16-5-9(3)7-20-4/h6,8-9,18H,5,7,14H2,1-4H3,(H,16,19). The Labute approximate surface area is 124 Å². The average Bonchev–Trinajstić information content (AvgIpc) is 2.44.